The first-order valence-electron chi connectivity index (χ1n) is 8.48. The highest BCUT2D eigenvalue weighted by atomic mass is 16.3. The highest BCUT2D eigenvalue weighted by molar-refractivity contribution is 6.05. The highest BCUT2D eigenvalue weighted by Crippen LogP contribution is 2.12. The van der Waals surface area contributed by atoms with Gasteiger partial charge in [0.05, 0.1) is 19.1 Å². The maximum atomic E-state index is 12.4. The van der Waals surface area contributed by atoms with E-state index in [1.54, 1.807) is 0 Å². The molecule has 1 unspecified atom stereocenters. The second-order valence-electron chi connectivity index (χ2n) is 6.53. The molecule has 1 saturated heterocycles. The zero-order valence-electron chi connectivity index (χ0n) is 14.6. The first-order chi connectivity index (χ1) is 11.9. The van der Waals surface area contributed by atoms with Crippen molar-refractivity contribution in [1.29, 1.82) is 0 Å². The fourth-order valence-corrected chi connectivity index (χ4v) is 2.69. The van der Waals surface area contributed by atoms with Gasteiger partial charge in [0.25, 0.3) is 5.91 Å². The van der Waals surface area contributed by atoms with Crippen molar-refractivity contribution >= 4 is 17.8 Å². The van der Waals surface area contributed by atoms with Gasteiger partial charge in [0.15, 0.2) is 0 Å². The Balaban J connectivity index is 1.88. The maximum absolute atomic E-state index is 12.4. The summed E-state index contributed by atoms with van der Waals surface area (Å²) in [5.74, 6) is -0.678. The first kappa shape index (κ1) is 18.9. The third-order valence-corrected chi connectivity index (χ3v) is 4.31. The van der Waals surface area contributed by atoms with Crippen molar-refractivity contribution in [1.82, 2.24) is 15.5 Å². The van der Waals surface area contributed by atoms with Crippen LogP contribution in [0.5, 0.6) is 0 Å². The molecule has 0 aromatic heterocycles. The summed E-state index contributed by atoms with van der Waals surface area (Å²) in [6.45, 7) is 3.87. The Bertz CT molecular complexity index is 618. The lowest BCUT2D eigenvalue weighted by Crippen LogP contribution is -2.44. The molecule has 1 aromatic rings. The molecule has 0 radical (unpaired) electrons. The van der Waals surface area contributed by atoms with Crippen molar-refractivity contribution in [2.75, 3.05) is 13.2 Å². The largest absolute Gasteiger partial charge is 0.394 e. The van der Waals surface area contributed by atoms with E-state index in [1.165, 1.54) is 0 Å². The standard InChI is InChI=1S/C18H25N3O4/c1-12(2)15(11-22)19-16(23)10-14-17(24)21(18(25)20-14)9-8-13-6-4-3-5-7-13/h3-7,12,14-15,22H,8-11H2,1-2H3,(H,19,23)(H,20,25)/t14?,15-/m1/s1. The number of aliphatic hydroxyl groups is 1. The van der Waals surface area contributed by atoms with Crippen molar-refractivity contribution < 1.29 is 19.5 Å². The summed E-state index contributed by atoms with van der Waals surface area (Å²) in [5.41, 5.74) is 1.03. The summed E-state index contributed by atoms with van der Waals surface area (Å²) in [7, 11) is 0. The average Bonchev–Trinajstić information content (AvgIpc) is 2.85. The molecule has 4 amide bonds. The van der Waals surface area contributed by atoms with Gasteiger partial charge in [-0.15, -0.1) is 0 Å². The molecule has 1 aliphatic heterocycles. The molecule has 0 spiro atoms. The van der Waals surface area contributed by atoms with E-state index in [4.69, 9.17) is 0 Å². The maximum Gasteiger partial charge on any atom is 0.324 e. The van der Waals surface area contributed by atoms with Crippen LogP contribution in [0.4, 0.5) is 4.79 Å². The van der Waals surface area contributed by atoms with E-state index >= 15 is 0 Å². The van der Waals surface area contributed by atoms with Crippen LogP contribution >= 0.6 is 0 Å². The monoisotopic (exact) mass is 347 g/mol. The van der Waals surface area contributed by atoms with E-state index in [9.17, 15) is 19.5 Å². The van der Waals surface area contributed by atoms with Crippen molar-refractivity contribution in [2.24, 2.45) is 5.92 Å². The Kier molecular flexibility index (Phi) is 6.52. The van der Waals surface area contributed by atoms with Crippen LogP contribution in [0, 0.1) is 5.92 Å². The van der Waals surface area contributed by atoms with E-state index in [1.807, 2.05) is 44.2 Å². The number of imide groups is 1. The molecule has 7 nitrogen and oxygen atoms in total. The number of carbonyl (C=O) groups excluding carboxylic acids is 3. The number of aliphatic hydroxyl groups excluding tert-OH is 1. The summed E-state index contributed by atoms with van der Waals surface area (Å²) in [5, 5.41) is 14.5. The summed E-state index contributed by atoms with van der Waals surface area (Å²) in [4.78, 5) is 37.6. The third kappa shape index (κ3) is 5.03. The Morgan fingerprint density at radius 2 is 1.96 bits per heavy atom. The number of carbonyl (C=O) groups is 3. The minimum atomic E-state index is -0.852. The molecule has 136 valence electrons. The predicted molar refractivity (Wildman–Crippen MR) is 92.7 cm³/mol. The van der Waals surface area contributed by atoms with Crippen LogP contribution in [0.15, 0.2) is 30.3 Å². The zero-order valence-corrected chi connectivity index (χ0v) is 14.6. The molecule has 0 bridgehead atoms. The van der Waals surface area contributed by atoms with Gasteiger partial charge in [0, 0.05) is 6.54 Å². The Hall–Kier alpha value is -2.41. The van der Waals surface area contributed by atoms with Crippen LogP contribution in [0.25, 0.3) is 0 Å². The normalized spacial score (nSPS) is 18.4. The number of nitrogens with zero attached hydrogens (tertiary/aromatic N) is 1. The van der Waals surface area contributed by atoms with Gasteiger partial charge in [-0.1, -0.05) is 44.2 Å². The molecule has 7 heteroatoms. The summed E-state index contributed by atoms with van der Waals surface area (Å²) < 4.78 is 0. The molecule has 25 heavy (non-hydrogen) atoms. The molecule has 1 fully saturated rings. The number of rotatable bonds is 8. The number of hydrogen-bond donors (Lipinski definition) is 3. The number of amides is 4. The lowest BCUT2D eigenvalue weighted by atomic mass is 10.0. The Morgan fingerprint density at radius 1 is 1.28 bits per heavy atom. The third-order valence-electron chi connectivity index (χ3n) is 4.31. The van der Waals surface area contributed by atoms with Gasteiger partial charge in [0.2, 0.25) is 5.91 Å². The number of urea groups is 1. The molecular formula is C18H25N3O4. The summed E-state index contributed by atoms with van der Waals surface area (Å²) >= 11 is 0. The number of benzene rings is 1. The molecule has 3 N–H and O–H groups in total. The lowest BCUT2D eigenvalue weighted by molar-refractivity contribution is -0.131. The van der Waals surface area contributed by atoms with Crippen molar-refractivity contribution in [3.05, 3.63) is 35.9 Å². The van der Waals surface area contributed by atoms with Gasteiger partial charge in [-0.3, -0.25) is 14.5 Å². The van der Waals surface area contributed by atoms with E-state index < -0.39 is 12.1 Å². The van der Waals surface area contributed by atoms with Gasteiger partial charge in [-0.25, -0.2) is 4.79 Å². The molecule has 0 aliphatic carbocycles. The summed E-state index contributed by atoms with van der Waals surface area (Å²) in [6, 6.07) is 7.89. The van der Waals surface area contributed by atoms with Crippen molar-refractivity contribution in [3.8, 4) is 0 Å². The SMILES string of the molecule is CC(C)[C@@H](CO)NC(=O)CC1NC(=O)N(CCc2ccccc2)C1=O. The van der Waals surface area contributed by atoms with Crippen LogP contribution < -0.4 is 10.6 Å². The second kappa shape index (κ2) is 8.62. The zero-order chi connectivity index (χ0) is 18.4. The van der Waals surface area contributed by atoms with E-state index in [-0.39, 0.29) is 43.3 Å². The quantitative estimate of drug-likeness (QED) is 0.602. The molecule has 1 heterocycles. The average molecular weight is 347 g/mol. The van der Waals surface area contributed by atoms with Gasteiger partial charge < -0.3 is 15.7 Å². The van der Waals surface area contributed by atoms with Gasteiger partial charge >= 0.3 is 6.03 Å². The topological polar surface area (TPSA) is 98.7 Å². The lowest BCUT2D eigenvalue weighted by Gasteiger charge is -2.20. The highest BCUT2D eigenvalue weighted by Gasteiger charge is 2.38. The molecule has 2 rings (SSSR count). The van der Waals surface area contributed by atoms with Crippen LogP contribution in [-0.4, -0.2) is 53.1 Å². The fourth-order valence-electron chi connectivity index (χ4n) is 2.69. The van der Waals surface area contributed by atoms with E-state index in [0.717, 1.165) is 10.5 Å². The Labute approximate surface area is 147 Å². The first-order valence-corrected chi connectivity index (χ1v) is 8.48. The van der Waals surface area contributed by atoms with Crippen LogP contribution in [0.1, 0.15) is 25.8 Å². The van der Waals surface area contributed by atoms with Crippen LogP contribution in [-0.2, 0) is 16.0 Å². The molecule has 1 aromatic carbocycles. The van der Waals surface area contributed by atoms with Crippen molar-refractivity contribution in [3.63, 3.8) is 0 Å². The van der Waals surface area contributed by atoms with Crippen LogP contribution in [0.3, 0.4) is 0 Å². The second-order valence-corrected chi connectivity index (χ2v) is 6.53. The van der Waals surface area contributed by atoms with E-state index in [0.29, 0.717) is 6.42 Å². The summed E-state index contributed by atoms with van der Waals surface area (Å²) in [6.07, 6.45) is 0.439. The van der Waals surface area contributed by atoms with Gasteiger partial charge in [0.1, 0.15) is 6.04 Å². The Morgan fingerprint density at radius 3 is 2.56 bits per heavy atom. The van der Waals surface area contributed by atoms with Gasteiger partial charge in [-0.05, 0) is 17.9 Å². The molecule has 2 atom stereocenters. The molecule has 1 aliphatic rings. The number of hydrogen-bond acceptors (Lipinski definition) is 4. The fraction of sp³-hybridized carbons (Fsp3) is 0.500. The van der Waals surface area contributed by atoms with Gasteiger partial charge in [-0.2, -0.15) is 0 Å². The molecular weight excluding hydrogens is 322 g/mol. The smallest absolute Gasteiger partial charge is 0.324 e. The molecule has 0 saturated carbocycles. The minimum Gasteiger partial charge on any atom is -0.394 e. The van der Waals surface area contributed by atoms with Crippen LogP contribution in [0.2, 0.25) is 0 Å². The van der Waals surface area contributed by atoms with Crippen molar-refractivity contribution in [2.45, 2.75) is 38.8 Å². The minimum absolute atomic E-state index is 0.0743. The van der Waals surface area contributed by atoms with E-state index in [2.05, 4.69) is 10.6 Å². The number of nitrogens with one attached hydrogen (secondary N) is 2. The predicted octanol–water partition coefficient (Wildman–Crippen LogP) is 0.673.